The van der Waals surface area contributed by atoms with Crippen molar-refractivity contribution in [2.75, 3.05) is 0 Å². The molecule has 0 aliphatic heterocycles. The van der Waals surface area contributed by atoms with Gasteiger partial charge in [0, 0.05) is 11.3 Å². The summed E-state index contributed by atoms with van der Waals surface area (Å²) in [5.74, 6) is -0.226. The van der Waals surface area contributed by atoms with Crippen LogP contribution in [0.5, 0.6) is 0 Å². The van der Waals surface area contributed by atoms with Crippen LogP contribution in [-0.2, 0) is 0 Å². The van der Waals surface area contributed by atoms with E-state index in [0.717, 1.165) is 11.3 Å². The Kier molecular flexibility index (Phi) is 2.83. The van der Waals surface area contributed by atoms with E-state index >= 15 is 0 Å². The summed E-state index contributed by atoms with van der Waals surface area (Å²) >= 11 is 5.00. The van der Waals surface area contributed by atoms with Gasteiger partial charge >= 0.3 is 0 Å². The Morgan fingerprint density at radius 3 is 2.75 bits per heavy atom. The number of hydrogen-bond acceptors (Lipinski definition) is 2. The molecule has 2 rings (SSSR count). The van der Waals surface area contributed by atoms with Crippen molar-refractivity contribution in [3.63, 3.8) is 0 Å². The van der Waals surface area contributed by atoms with Crippen LogP contribution in [0.15, 0.2) is 24.3 Å². The van der Waals surface area contributed by atoms with Gasteiger partial charge in [0.05, 0.1) is 5.69 Å². The minimum absolute atomic E-state index is 0.226. The number of rotatable bonds is 1. The van der Waals surface area contributed by atoms with Gasteiger partial charge in [0.15, 0.2) is 4.77 Å². The Morgan fingerprint density at radius 1 is 1.31 bits per heavy atom. The highest BCUT2D eigenvalue weighted by Gasteiger charge is 2.07. The lowest BCUT2D eigenvalue weighted by Gasteiger charge is -2.06. The van der Waals surface area contributed by atoms with Gasteiger partial charge in [-0.2, -0.15) is 0 Å². The van der Waals surface area contributed by atoms with Crippen LogP contribution in [0.1, 0.15) is 11.3 Å². The molecule has 0 aliphatic carbocycles. The van der Waals surface area contributed by atoms with E-state index in [1.54, 1.807) is 13.0 Å². The summed E-state index contributed by atoms with van der Waals surface area (Å²) in [5, 5.41) is 0. The molecular formula is C12H11FN2S. The van der Waals surface area contributed by atoms with E-state index in [0.29, 0.717) is 16.0 Å². The maximum atomic E-state index is 13.4. The molecule has 1 aromatic heterocycles. The number of aryl methyl sites for hydroxylation is 1. The lowest BCUT2D eigenvalue weighted by Crippen LogP contribution is -1.94. The van der Waals surface area contributed by atoms with Crippen molar-refractivity contribution in [3.8, 4) is 11.3 Å². The number of aromatic nitrogens is 2. The van der Waals surface area contributed by atoms with Gasteiger partial charge in [-0.05, 0) is 43.8 Å². The Labute approximate surface area is 98.2 Å². The van der Waals surface area contributed by atoms with Crippen LogP contribution < -0.4 is 0 Å². The molecule has 0 saturated carbocycles. The quantitative estimate of drug-likeness (QED) is 0.764. The van der Waals surface area contributed by atoms with Crippen molar-refractivity contribution in [2.45, 2.75) is 13.8 Å². The highest BCUT2D eigenvalue weighted by Crippen LogP contribution is 2.23. The maximum Gasteiger partial charge on any atom is 0.197 e. The molecule has 16 heavy (non-hydrogen) atoms. The van der Waals surface area contributed by atoms with E-state index in [9.17, 15) is 4.39 Å². The predicted octanol–water partition coefficient (Wildman–Crippen LogP) is 3.56. The summed E-state index contributed by atoms with van der Waals surface area (Å²) in [6, 6.07) is 6.82. The fourth-order valence-corrected chi connectivity index (χ4v) is 1.86. The van der Waals surface area contributed by atoms with Crippen molar-refractivity contribution in [3.05, 3.63) is 46.1 Å². The molecule has 0 fully saturated rings. The van der Waals surface area contributed by atoms with E-state index in [1.165, 1.54) is 6.07 Å². The Hall–Kier alpha value is -1.55. The molecule has 2 nitrogen and oxygen atoms in total. The topological polar surface area (TPSA) is 28.7 Å². The van der Waals surface area contributed by atoms with Gasteiger partial charge in [-0.25, -0.2) is 9.37 Å². The molecule has 1 N–H and O–H groups in total. The van der Waals surface area contributed by atoms with Crippen molar-refractivity contribution in [2.24, 2.45) is 0 Å². The zero-order valence-corrected chi connectivity index (χ0v) is 9.86. The molecule has 2 aromatic rings. The fraction of sp³-hybridized carbons (Fsp3) is 0.167. The first-order valence-corrected chi connectivity index (χ1v) is 5.32. The molecule has 0 saturated heterocycles. The summed E-state index contributed by atoms with van der Waals surface area (Å²) in [4.78, 5) is 7.12. The number of H-pyrrole nitrogens is 1. The number of nitrogens with one attached hydrogen (secondary N) is 1. The van der Waals surface area contributed by atoms with Gasteiger partial charge in [-0.15, -0.1) is 0 Å². The molecule has 0 aliphatic rings. The van der Waals surface area contributed by atoms with Gasteiger partial charge in [0.2, 0.25) is 0 Å². The molecule has 0 radical (unpaired) electrons. The lowest BCUT2D eigenvalue weighted by molar-refractivity contribution is 0.619. The third-order valence-electron chi connectivity index (χ3n) is 2.42. The smallest absolute Gasteiger partial charge is 0.197 e. The van der Waals surface area contributed by atoms with Crippen LogP contribution in [0.4, 0.5) is 4.39 Å². The molecule has 0 atom stereocenters. The summed E-state index contributed by atoms with van der Waals surface area (Å²) in [7, 11) is 0. The standard InChI is InChI=1S/C12H11FN2S/c1-7-6-11(15-12(16)14-7)9-4-3-5-10(13)8(9)2/h3-6H,1-2H3,(H,14,15,16). The monoisotopic (exact) mass is 234 g/mol. The highest BCUT2D eigenvalue weighted by molar-refractivity contribution is 7.71. The first-order chi connectivity index (χ1) is 7.58. The van der Waals surface area contributed by atoms with Crippen molar-refractivity contribution < 1.29 is 4.39 Å². The average Bonchev–Trinajstić information content (AvgIpc) is 2.20. The number of halogens is 1. The molecule has 1 heterocycles. The van der Waals surface area contributed by atoms with Crippen LogP contribution in [0, 0.1) is 24.4 Å². The second-order valence-electron chi connectivity index (χ2n) is 3.67. The van der Waals surface area contributed by atoms with Gasteiger partial charge in [0.25, 0.3) is 0 Å². The number of hydrogen-bond donors (Lipinski definition) is 1. The van der Waals surface area contributed by atoms with Gasteiger partial charge in [0.1, 0.15) is 5.82 Å². The maximum absolute atomic E-state index is 13.4. The largest absolute Gasteiger partial charge is 0.335 e. The molecule has 0 spiro atoms. The Bertz CT molecular complexity index is 590. The third kappa shape index (κ3) is 2.02. The lowest BCUT2D eigenvalue weighted by atomic mass is 10.0. The molecule has 0 bridgehead atoms. The molecule has 0 unspecified atom stereocenters. The predicted molar refractivity (Wildman–Crippen MR) is 64.3 cm³/mol. The summed E-state index contributed by atoms with van der Waals surface area (Å²) < 4.78 is 13.8. The first kappa shape index (κ1) is 11.0. The molecule has 4 heteroatoms. The van der Waals surface area contributed by atoms with E-state index < -0.39 is 0 Å². The van der Waals surface area contributed by atoms with Crippen molar-refractivity contribution in [1.82, 2.24) is 9.97 Å². The van der Waals surface area contributed by atoms with Crippen LogP contribution in [-0.4, -0.2) is 9.97 Å². The minimum atomic E-state index is -0.226. The van der Waals surface area contributed by atoms with Gasteiger partial charge in [-0.1, -0.05) is 12.1 Å². The van der Waals surface area contributed by atoms with E-state index in [1.807, 2.05) is 19.1 Å². The van der Waals surface area contributed by atoms with E-state index in [4.69, 9.17) is 12.2 Å². The third-order valence-corrected chi connectivity index (χ3v) is 2.62. The van der Waals surface area contributed by atoms with Crippen LogP contribution >= 0.6 is 12.2 Å². The Morgan fingerprint density at radius 2 is 2.06 bits per heavy atom. The van der Waals surface area contributed by atoms with Crippen LogP contribution in [0.2, 0.25) is 0 Å². The SMILES string of the molecule is Cc1cc(-c2cccc(F)c2C)nc(=S)[nH]1. The summed E-state index contributed by atoms with van der Waals surface area (Å²) in [6.07, 6.45) is 0. The normalized spacial score (nSPS) is 10.4. The average molecular weight is 234 g/mol. The molecule has 1 aromatic carbocycles. The number of benzene rings is 1. The van der Waals surface area contributed by atoms with Crippen molar-refractivity contribution in [1.29, 1.82) is 0 Å². The van der Waals surface area contributed by atoms with Gasteiger partial charge < -0.3 is 4.98 Å². The second-order valence-corrected chi connectivity index (χ2v) is 4.05. The van der Waals surface area contributed by atoms with Gasteiger partial charge in [-0.3, -0.25) is 0 Å². The minimum Gasteiger partial charge on any atom is -0.335 e. The van der Waals surface area contributed by atoms with Crippen molar-refractivity contribution >= 4 is 12.2 Å². The highest BCUT2D eigenvalue weighted by atomic mass is 32.1. The zero-order chi connectivity index (χ0) is 11.7. The zero-order valence-electron chi connectivity index (χ0n) is 9.04. The number of aromatic amines is 1. The fourth-order valence-electron chi connectivity index (χ4n) is 1.60. The Balaban J connectivity index is 2.67. The van der Waals surface area contributed by atoms with E-state index in [2.05, 4.69) is 9.97 Å². The summed E-state index contributed by atoms with van der Waals surface area (Å²) in [5.41, 5.74) is 3.00. The second kappa shape index (κ2) is 4.14. The summed E-state index contributed by atoms with van der Waals surface area (Å²) in [6.45, 7) is 3.64. The first-order valence-electron chi connectivity index (χ1n) is 4.91. The molecule has 0 amide bonds. The van der Waals surface area contributed by atoms with E-state index in [-0.39, 0.29) is 5.82 Å². The number of nitrogens with zero attached hydrogens (tertiary/aromatic N) is 1. The molecule has 82 valence electrons. The molecular weight excluding hydrogens is 223 g/mol. The van der Waals surface area contributed by atoms with Crippen LogP contribution in [0.3, 0.4) is 0 Å². The van der Waals surface area contributed by atoms with Crippen LogP contribution in [0.25, 0.3) is 11.3 Å².